The maximum atomic E-state index is 14.0. The topological polar surface area (TPSA) is 66.6 Å². The highest BCUT2D eigenvalue weighted by molar-refractivity contribution is 5.95. The van der Waals surface area contributed by atoms with Crippen LogP contribution < -0.4 is 10.6 Å². The second-order valence-corrected chi connectivity index (χ2v) is 6.04. The van der Waals surface area contributed by atoms with Crippen molar-refractivity contribution in [1.29, 1.82) is 0 Å². The van der Waals surface area contributed by atoms with Gasteiger partial charge in [-0.05, 0) is 38.0 Å². The summed E-state index contributed by atoms with van der Waals surface area (Å²) in [6.45, 7) is 2.23. The molecule has 0 bridgehead atoms. The summed E-state index contributed by atoms with van der Waals surface area (Å²) < 4.78 is 14.0. The smallest absolute Gasteiger partial charge is 0.254 e. The molecule has 1 aromatic carbocycles. The maximum absolute atomic E-state index is 14.0. The summed E-state index contributed by atoms with van der Waals surface area (Å²) in [6.07, 6.45) is 1.41. The van der Waals surface area contributed by atoms with E-state index in [0.29, 0.717) is 24.2 Å². The zero-order valence-corrected chi connectivity index (χ0v) is 13.2. The van der Waals surface area contributed by atoms with Gasteiger partial charge in [0.05, 0.1) is 11.6 Å². The molecule has 2 atom stereocenters. The Bertz CT molecular complexity index is 589. The van der Waals surface area contributed by atoms with Crippen LogP contribution in [0.15, 0.2) is 18.2 Å². The molecule has 2 rings (SSSR count). The molecule has 22 heavy (non-hydrogen) atoms. The number of halogens is 1. The molecule has 5 nitrogen and oxygen atoms in total. The molecule has 1 heterocycles. The SMILES string of the molecule is C[C@@H]1CC[C@H](C(N)=O)CN1C(=O)c1ccc(N(C)C)c(F)c1. The van der Waals surface area contributed by atoms with Crippen molar-refractivity contribution in [1.82, 2.24) is 4.90 Å². The minimum absolute atomic E-state index is 0.0136. The van der Waals surface area contributed by atoms with Gasteiger partial charge in [0.2, 0.25) is 5.91 Å². The number of hydrogen-bond acceptors (Lipinski definition) is 3. The molecule has 1 saturated heterocycles. The fourth-order valence-corrected chi connectivity index (χ4v) is 2.79. The van der Waals surface area contributed by atoms with E-state index in [1.807, 2.05) is 6.92 Å². The highest BCUT2D eigenvalue weighted by Crippen LogP contribution is 2.25. The van der Waals surface area contributed by atoms with Gasteiger partial charge in [-0.25, -0.2) is 4.39 Å². The lowest BCUT2D eigenvalue weighted by Crippen LogP contribution is -2.48. The average molecular weight is 307 g/mol. The molecule has 0 saturated carbocycles. The van der Waals surface area contributed by atoms with Crippen molar-refractivity contribution >= 4 is 17.5 Å². The number of nitrogens with zero attached hydrogens (tertiary/aromatic N) is 2. The first-order chi connectivity index (χ1) is 10.3. The molecule has 0 aromatic heterocycles. The van der Waals surface area contributed by atoms with E-state index in [-0.39, 0.29) is 23.8 Å². The summed E-state index contributed by atoms with van der Waals surface area (Å²) in [7, 11) is 3.48. The summed E-state index contributed by atoms with van der Waals surface area (Å²) in [5.41, 5.74) is 6.07. The van der Waals surface area contributed by atoms with Crippen LogP contribution in [-0.4, -0.2) is 43.4 Å². The number of piperidine rings is 1. The van der Waals surface area contributed by atoms with Crippen LogP contribution in [0.1, 0.15) is 30.1 Å². The van der Waals surface area contributed by atoms with Crippen molar-refractivity contribution in [3.8, 4) is 0 Å². The maximum Gasteiger partial charge on any atom is 0.254 e. The second kappa shape index (κ2) is 6.34. The number of likely N-dealkylation sites (tertiary alicyclic amines) is 1. The summed E-state index contributed by atoms with van der Waals surface area (Å²) in [5.74, 6) is -1.42. The van der Waals surface area contributed by atoms with Gasteiger partial charge >= 0.3 is 0 Å². The van der Waals surface area contributed by atoms with E-state index in [1.54, 1.807) is 36.0 Å². The third-order valence-corrected chi connectivity index (χ3v) is 4.22. The van der Waals surface area contributed by atoms with Gasteiger partial charge in [-0.3, -0.25) is 9.59 Å². The molecular weight excluding hydrogens is 285 g/mol. The lowest BCUT2D eigenvalue weighted by Gasteiger charge is -2.37. The number of hydrogen-bond donors (Lipinski definition) is 1. The first kappa shape index (κ1) is 16.3. The van der Waals surface area contributed by atoms with Gasteiger partial charge < -0.3 is 15.5 Å². The largest absolute Gasteiger partial charge is 0.375 e. The van der Waals surface area contributed by atoms with Crippen LogP contribution in [0.4, 0.5) is 10.1 Å². The number of anilines is 1. The molecular formula is C16H22FN3O2. The molecule has 2 amide bonds. The molecule has 0 spiro atoms. The van der Waals surface area contributed by atoms with E-state index in [4.69, 9.17) is 5.73 Å². The van der Waals surface area contributed by atoms with E-state index in [9.17, 15) is 14.0 Å². The Balaban J connectivity index is 2.23. The van der Waals surface area contributed by atoms with E-state index in [0.717, 1.165) is 6.42 Å². The molecule has 2 N–H and O–H groups in total. The highest BCUT2D eigenvalue weighted by atomic mass is 19.1. The van der Waals surface area contributed by atoms with Gasteiger partial charge in [0.1, 0.15) is 5.82 Å². The van der Waals surface area contributed by atoms with Gasteiger partial charge in [0.25, 0.3) is 5.91 Å². The quantitative estimate of drug-likeness (QED) is 0.922. The Morgan fingerprint density at radius 1 is 1.32 bits per heavy atom. The Kier molecular flexibility index (Phi) is 4.68. The van der Waals surface area contributed by atoms with Crippen LogP contribution in [-0.2, 0) is 4.79 Å². The number of benzene rings is 1. The lowest BCUT2D eigenvalue weighted by molar-refractivity contribution is -0.123. The van der Waals surface area contributed by atoms with Crippen molar-refractivity contribution in [3.63, 3.8) is 0 Å². The van der Waals surface area contributed by atoms with E-state index < -0.39 is 5.82 Å². The Labute approximate surface area is 129 Å². The van der Waals surface area contributed by atoms with Crippen LogP contribution in [0.2, 0.25) is 0 Å². The first-order valence-corrected chi connectivity index (χ1v) is 7.38. The fraction of sp³-hybridized carbons (Fsp3) is 0.500. The molecule has 6 heteroatoms. The minimum atomic E-state index is -0.438. The van der Waals surface area contributed by atoms with Crippen LogP contribution in [0.3, 0.4) is 0 Å². The Hall–Kier alpha value is -2.11. The molecule has 0 unspecified atom stereocenters. The van der Waals surface area contributed by atoms with E-state index in [2.05, 4.69) is 0 Å². The van der Waals surface area contributed by atoms with Gasteiger partial charge in [-0.2, -0.15) is 0 Å². The molecule has 0 radical (unpaired) electrons. The summed E-state index contributed by atoms with van der Waals surface area (Å²) in [6, 6.07) is 4.46. The number of amides is 2. The van der Waals surface area contributed by atoms with Crippen molar-refractivity contribution in [2.75, 3.05) is 25.5 Å². The zero-order chi connectivity index (χ0) is 16.4. The lowest BCUT2D eigenvalue weighted by atomic mass is 9.92. The Morgan fingerprint density at radius 3 is 2.55 bits per heavy atom. The molecule has 1 fully saturated rings. The molecule has 120 valence electrons. The van der Waals surface area contributed by atoms with Crippen LogP contribution >= 0.6 is 0 Å². The normalized spacial score (nSPS) is 21.5. The zero-order valence-electron chi connectivity index (χ0n) is 13.2. The third-order valence-electron chi connectivity index (χ3n) is 4.22. The standard InChI is InChI=1S/C16H22FN3O2/c1-10-4-5-12(15(18)21)9-20(10)16(22)11-6-7-14(19(2)3)13(17)8-11/h6-8,10,12H,4-5,9H2,1-3H3,(H2,18,21)/t10-,12+/m1/s1. The van der Waals surface area contributed by atoms with Crippen LogP contribution in [0, 0.1) is 11.7 Å². The van der Waals surface area contributed by atoms with Crippen molar-refractivity contribution in [2.45, 2.75) is 25.8 Å². The van der Waals surface area contributed by atoms with Crippen molar-refractivity contribution in [3.05, 3.63) is 29.6 Å². The molecule has 1 aliphatic heterocycles. The molecule has 0 aliphatic carbocycles. The summed E-state index contributed by atoms with van der Waals surface area (Å²) in [4.78, 5) is 27.2. The monoisotopic (exact) mass is 307 g/mol. The Morgan fingerprint density at radius 2 is 2.00 bits per heavy atom. The van der Waals surface area contributed by atoms with Crippen LogP contribution in [0.5, 0.6) is 0 Å². The van der Waals surface area contributed by atoms with Gasteiger partial charge in [0, 0.05) is 32.2 Å². The predicted molar refractivity (Wildman–Crippen MR) is 83.1 cm³/mol. The van der Waals surface area contributed by atoms with E-state index >= 15 is 0 Å². The van der Waals surface area contributed by atoms with Gasteiger partial charge in [-0.15, -0.1) is 0 Å². The second-order valence-electron chi connectivity index (χ2n) is 6.04. The minimum Gasteiger partial charge on any atom is -0.375 e. The predicted octanol–water partition coefficient (Wildman–Crippen LogP) is 1.62. The number of carbonyl (C=O) groups is 2. The number of primary amides is 1. The summed E-state index contributed by atoms with van der Waals surface area (Å²) in [5, 5.41) is 0. The van der Waals surface area contributed by atoms with E-state index in [1.165, 1.54) is 6.07 Å². The molecule has 1 aromatic rings. The van der Waals surface area contributed by atoms with Crippen LogP contribution in [0.25, 0.3) is 0 Å². The summed E-state index contributed by atoms with van der Waals surface area (Å²) >= 11 is 0. The van der Waals surface area contributed by atoms with Crippen molar-refractivity contribution < 1.29 is 14.0 Å². The first-order valence-electron chi connectivity index (χ1n) is 7.38. The number of rotatable bonds is 3. The van der Waals surface area contributed by atoms with Gasteiger partial charge in [0.15, 0.2) is 0 Å². The average Bonchev–Trinajstić information content (AvgIpc) is 2.46. The third kappa shape index (κ3) is 3.21. The van der Waals surface area contributed by atoms with Crippen molar-refractivity contribution in [2.24, 2.45) is 11.7 Å². The highest BCUT2D eigenvalue weighted by Gasteiger charge is 2.32. The number of nitrogens with two attached hydrogens (primary N) is 1. The molecule has 1 aliphatic rings. The fourth-order valence-electron chi connectivity index (χ4n) is 2.79. The van der Waals surface area contributed by atoms with Gasteiger partial charge in [-0.1, -0.05) is 0 Å². The number of carbonyl (C=O) groups excluding carboxylic acids is 2.